The molecule has 0 N–H and O–H groups in total. The number of ether oxygens (including phenoxy) is 2. The monoisotopic (exact) mass is 670 g/mol. The van der Waals surface area contributed by atoms with E-state index in [0.717, 1.165) is 0 Å². The molecule has 0 fully saturated rings. The zero-order chi connectivity index (χ0) is 34.1. The third-order valence-electron chi connectivity index (χ3n) is 4.27. The predicted octanol–water partition coefficient (Wildman–Crippen LogP) is 7.91. The van der Waals surface area contributed by atoms with E-state index >= 15 is 0 Å². The van der Waals surface area contributed by atoms with Gasteiger partial charge in [0.25, 0.3) is 0 Å². The van der Waals surface area contributed by atoms with Crippen molar-refractivity contribution in [2.75, 3.05) is 0 Å². The van der Waals surface area contributed by atoms with Crippen LogP contribution in [-0.2, 0) is 14.3 Å². The van der Waals surface area contributed by atoms with Gasteiger partial charge in [0, 0.05) is 5.57 Å². The molecule has 26 heteroatoms. The van der Waals surface area contributed by atoms with E-state index in [1.165, 1.54) is 4.74 Å². The highest BCUT2D eigenvalue weighted by molar-refractivity contribution is 5.87. The molecule has 0 bridgehead atoms. The van der Waals surface area contributed by atoms with Crippen molar-refractivity contribution in [3.8, 4) is 0 Å². The number of alkyl halides is 23. The predicted molar refractivity (Wildman–Crippen MR) is 77.5 cm³/mol. The summed E-state index contributed by atoms with van der Waals surface area (Å²) in [5, 5.41) is 0. The molecule has 0 aromatic rings. The maximum Gasteiger partial charge on any atom is 0.470 e. The number of carbonyl (C=O) groups is 1. The fraction of sp³-hybridized carbons (Fsp3) is 0.800. The number of hydrogen-bond donors (Lipinski definition) is 0. The second kappa shape index (κ2) is 9.80. The normalized spacial score (nSPS) is 17.3. The van der Waals surface area contributed by atoms with E-state index < -0.39 is 77.5 Å². The Morgan fingerprint density at radius 2 is 0.756 bits per heavy atom. The summed E-state index contributed by atoms with van der Waals surface area (Å²) >= 11 is 0. The first kappa shape index (κ1) is 38.6. The Balaban J connectivity index is 7.06. The molecule has 0 amide bonds. The Bertz CT molecular complexity index is 1000. The van der Waals surface area contributed by atoms with Crippen LogP contribution in [0.25, 0.3) is 0 Å². The Hall–Kier alpha value is -2.44. The number of carbonyl (C=O) groups excluding carboxylic acids is 1. The summed E-state index contributed by atoms with van der Waals surface area (Å²) in [6.07, 6.45) is -32.4. The molecule has 0 spiro atoms. The fourth-order valence-electron chi connectivity index (χ4n) is 1.94. The van der Waals surface area contributed by atoms with Gasteiger partial charge in [0.05, 0.1) is 0 Å². The summed E-state index contributed by atoms with van der Waals surface area (Å²) < 4.78 is 305. The van der Waals surface area contributed by atoms with E-state index in [4.69, 9.17) is 0 Å². The average molecular weight is 670 g/mol. The highest BCUT2D eigenvalue weighted by atomic mass is 19.4. The van der Waals surface area contributed by atoms with Gasteiger partial charge < -0.3 is 4.74 Å². The molecule has 0 aliphatic rings. The smallest absolute Gasteiger partial charge is 0.409 e. The molecule has 0 aliphatic carbocycles. The van der Waals surface area contributed by atoms with Crippen molar-refractivity contribution < 1.29 is 115 Å². The van der Waals surface area contributed by atoms with E-state index in [-0.39, 0.29) is 6.92 Å². The van der Waals surface area contributed by atoms with E-state index in [1.54, 1.807) is 0 Å². The van der Waals surface area contributed by atoms with Gasteiger partial charge in [-0.15, -0.1) is 0 Å². The van der Waals surface area contributed by atoms with Gasteiger partial charge in [-0.2, -0.15) is 101 Å². The number of halogens is 23. The zero-order valence-electron chi connectivity index (χ0n) is 18.1. The van der Waals surface area contributed by atoms with Crippen LogP contribution >= 0.6 is 0 Å². The molecule has 0 saturated carbocycles. The molecule has 1 atom stereocenters. The lowest BCUT2D eigenvalue weighted by molar-refractivity contribution is -0.531. The van der Waals surface area contributed by atoms with Crippen LogP contribution in [0.5, 0.6) is 0 Å². The first-order valence-electron chi connectivity index (χ1n) is 8.72. The largest absolute Gasteiger partial charge is 0.470 e. The second-order valence-electron chi connectivity index (χ2n) is 7.34. The van der Waals surface area contributed by atoms with Gasteiger partial charge >= 0.3 is 71.9 Å². The number of hydrogen-bond acceptors (Lipinski definition) is 3. The minimum Gasteiger partial charge on any atom is -0.409 e. The fourth-order valence-corrected chi connectivity index (χ4v) is 1.94. The second-order valence-corrected chi connectivity index (χ2v) is 7.34. The minimum absolute atomic E-state index is 0.210. The van der Waals surface area contributed by atoms with Crippen LogP contribution in [0.1, 0.15) is 6.92 Å². The standard InChI is InChI=1S/C15H5F23O3/c1-3(2)4(39)40-11(28,13(32,33)34)15(37,38)41-14(35,36)10(26,27)8(22,23)6(18,19)5(16,17)7(20,21)9(24,25)12(29,30)31/h1H2,2H3. The highest BCUT2D eigenvalue weighted by Gasteiger charge is 2.96. The van der Waals surface area contributed by atoms with Gasteiger partial charge in [-0.05, 0) is 6.92 Å². The summed E-state index contributed by atoms with van der Waals surface area (Å²) in [5.74, 6) is -64.8. The van der Waals surface area contributed by atoms with Gasteiger partial charge in [-0.1, -0.05) is 6.58 Å². The molecule has 1 unspecified atom stereocenters. The van der Waals surface area contributed by atoms with Crippen molar-refractivity contribution in [1.29, 1.82) is 0 Å². The Morgan fingerprint density at radius 1 is 0.463 bits per heavy atom. The van der Waals surface area contributed by atoms with Gasteiger partial charge in [0.2, 0.25) is 0 Å². The molecule has 0 aromatic carbocycles. The van der Waals surface area contributed by atoms with Crippen LogP contribution in [0.4, 0.5) is 101 Å². The van der Waals surface area contributed by atoms with Crippen LogP contribution in [0, 0.1) is 0 Å². The van der Waals surface area contributed by atoms with Gasteiger partial charge in [-0.25, -0.2) is 9.53 Å². The zero-order valence-corrected chi connectivity index (χ0v) is 18.1. The average Bonchev–Trinajstić information content (AvgIpc) is 2.69. The molecular weight excluding hydrogens is 665 g/mol. The quantitative estimate of drug-likeness (QED) is 0.127. The summed E-state index contributed by atoms with van der Waals surface area (Å²) in [5.41, 5.74) is -1.53. The summed E-state index contributed by atoms with van der Waals surface area (Å²) in [6.45, 7) is 2.56. The maximum atomic E-state index is 13.9. The van der Waals surface area contributed by atoms with Crippen molar-refractivity contribution in [1.82, 2.24) is 0 Å². The molecule has 0 saturated heterocycles. The molecule has 0 rings (SSSR count). The number of esters is 1. The molecule has 0 heterocycles. The van der Waals surface area contributed by atoms with Gasteiger partial charge in [0.15, 0.2) is 0 Å². The van der Waals surface area contributed by atoms with E-state index in [1.807, 2.05) is 0 Å². The number of rotatable bonds is 11. The lowest BCUT2D eigenvalue weighted by Crippen LogP contribution is -2.75. The van der Waals surface area contributed by atoms with Crippen molar-refractivity contribution in [2.24, 2.45) is 0 Å². The summed E-state index contributed by atoms with van der Waals surface area (Å²) in [7, 11) is 0. The molecule has 244 valence electrons. The lowest BCUT2D eigenvalue weighted by Gasteiger charge is -2.43. The van der Waals surface area contributed by atoms with Crippen LogP contribution in [0.2, 0.25) is 0 Å². The maximum absolute atomic E-state index is 13.9. The SMILES string of the molecule is C=C(C)C(=O)OC(F)(C(F)(F)F)C(F)(F)OC(F)(F)C(F)(F)C(F)(F)C(F)(F)C(F)(F)C(F)(F)C(F)(F)C(F)(F)F. The van der Waals surface area contributed by atoms with Crippen LogP contribution in [-0.4, -0.2) is 71.9 Å². The Labute approximate surface area is 207 Å². The molecule has 0 aliphatic heterocycles. The van der Waals surface area contributed by atoms with Crippen molar-refractivity contribution in [2.45, 2.75) is 72.9 Å². The Kier molecular flexibility index (Phi) is 9.22. The Morgan fingerprint density at radius 3 is 1.02 bits per heavy atom. The third kappa shape index (κ3) is 5.43. The highest BCUT2D eigenvalue weighted by Crippen LogP contribution is 2.64. The van der Waals surface area contributed by atoms with E-state index in [0.29, 0.717) is 0 Å². The van der Waals surface area contributed by atoms with E-state index in [9.17, 15) is 106 Å². The molecule has 0 radical (unpaired) electrons. The molecule has 0 aromatic heterocycles. The first-order chi connectivity index (χ1) is 17.3. The molecular formula is C15H5F23O3. The first-order valence-corrected chi connectivity index (χ1v) is 8.72. The van der Waals surface area contributed by atoms with Crippen molar-refractivity contribution in [3.63, 3.8) is 0 Å². The van der Waals surface area contributed by atoms with Crippen LogP contribution in [0.15, 0.2) is 12.2 Å². The topological polar surface area (TPSA) is 35.5 Å². The van der Waals surface area contributed by atoms with Crippen molar-refractivity contribution in [3.05, 3.63) is 12.2 Å². The molecule has 3 nitrogen and oxygen atoms in total. The molecule has 41 heavy (non-hydrogen) atoms. The van der Waals surface area contributed by atoms with Crippen LogP contribution in [0.3, 0.4) is 0 Å². The third-order valence-corrected chi connectivity index (χ3v) is 4.27. The lowest BCUT2D eigenvalue weighted by atomic mass is 9.90. The minimum atomic E-state index is -9.30. The summed E-state index contributed by atoms with van der Waals surface area (Å²) in [4.78, 5) is 11.0. The van der Waals surface area contributed by atoms with Crippen LogP contribution < -0.4 is 0 Å². The van der Waals surface area contributed by atoms with Gasteiger partial charge in [-0.3, -0.25) is 0 Å². The van der Waals surface area contributed by atoms with E-state index in [2.05, 4.69) is 11.3 Å². The van der Waals surface area contributed by atoms with Gasteiger partial charge in [0.1, 0.15) is 0 Å². The summed E-state index contributed by atoms with van der Waals surface area (Å²) in [6, 6.07) is 0. The van der Waals surface area contributed by atoms with Crippen molar-refractivity contribution >= 4 is 5.97 Å².